The second kappa shape index (κ2) is 12.7. The molecule has 0 heterocycles. The summed E-state index contributed by atoms with van der Waals surface area (Å²) in [6.07, 6.45) is 2.10. The van der Waals surface area contributed by atoms with Gasteiger partial charge in [0.15, 0.2) is 15.8 Å². The third-order valence-corrected chi connectivity index (χ3v) is 4.86. The van der Waals surface area contributed by atoms with Crippen molar-refractivity contribution >= 4 is 15.8 Å². The summed E-state index contributed by atoms with van der Waals surface area (Å²) in [6, 6.07) is 4.13. The van der Waals surface area contributed by atoms with Crippen molar-refractivity contribution in [2.45, 2.75) is 25.6 Å². The quantitative estimate of drug-likeness (QED) is 0.304. The van der Waals surface area contributed by atoms with E-state index in [1.54, 1.807) is 7.11 Å². The van der Waals surface area contributed by atoms with E-state index in [1.165, 1.54) is 24.5 Å². The summed E-state index contributed by atoms with van der Waals surface area (Å²) in [5, 5.41) is 6.40. The van der Waals surface area contributed by atoms with Gasteiger partial charge in [0.1, 0.15) is 5.82 Å². The fourth-order valence-corrected chi connectivity index (χ4v) is 3.43. The molecule has 0 bridgehead atoms. The molecule has 9 heteroatoms. The molecule has 0 saturated carbocycles. The van der Waals surface area contributed by atoms with E-state index < -0.39 is 15.7 Å². The molecule has 1 aromatic carbocycles. The predicted octanol–water partition coefficient (Wildman–Crippen LogP) is 1.39. The lowest BCUT2D eigenvalue weighted by Gasteiger charge is -2.17. The summed E-state index contributed by atoms with van der Waals surface area (Å²) in [5.41, 5.74) is 1.14. The van der Waals surface area contributed by atoms with Crippen LogP contribution in [0.3, 0.4) is 0 Å². The molecule has 0 aliphatic heterocycles. The predicted molar refractivity (Wildman–Crippen MR) is 112 cm³/mol. The molecular weight excluding hydrogens is 383 g/mol. The smallest absolute Gasteiger partial charge is 0.191 e. The topological polar surface area (TPSA) is 83.0 Å². The molecule has 0 amide bonds. The van der Waals surface area contributed by atoms with Gasteiger partial charge in [0, 0.05) is 33.0 Å². The van der Waals surface area contributed by atoms with E-state index in [0.717, 1.165) is 26.1 Å². The van der Waals surface area contributed by atoms with Gasteiger partial charge < -0.3 is 20.3 Å². The van der Waals surface area contributed by atoms with Crippen LogP contribution in [0.1, 0.15) is 24.5 Å². The lowest BCUT2D eigenvalue weighted by atomic mass is 10.1. The van der Waals surface area contributed by atoms with E-state index in [4.69, 9.17) is 4.74 Å². The zero-order valence-corrected chi connectivity index (χ0v) is 18.1. The first-order chi connectivity index (χ1) is 13.2. The number of hydrogen-bond donors (Lipinski definition) is 2. The Morgan fingerprint density at radius 1 is 1.25 bits per heavy atom. The Bertz CT molecular complexity index is 726. The van der Waals surface area contributed by atoms with Crippen LogP contribution in [-0.2, 0) is 26.9 Å². The lowest BCUT2D eigenvalue weighted by molar-refractivity contribution is 0.161. The number of nitrogens with zero attached hydrogens (tertiary/aromatic N) is 2. The number of halogens is 1. The lowest BCUT2D eigenvalue weighted by Crippen LogP contribution is -2.38. The average molecular weight is 417 g/mol. The third-order valence-electron chi connectivity index (χ3n) is 4.02. The maximum atomic E-state index is 13.6. The van der Waals surface area contributed by atoms with E-state index in [-0.39, 0.29) is 12.3 Å². The molecule has 1 aromatic rings. The van der Waals surface area contributed by atoms with Crippen LogP contribution in [0.5, 0.6) is 0 Å². The van der Waals surface area contributed by atoms with Crippen LogP contribution >= 0.6 is 0 Å². The van der Waals surface area contributed by atoms with Crippen LogP contribution in [0, 0.1) is 5.82 Å². The number of likely N-dealkylation sites (N-methyl/N-ethyl adjacent to an activating group) is 1. The molecule has 0 spiro atoms. The van der Waals surface area contributed by atoms with E-state index in [0.29, 0.717) is 30.2 Å². The highest BCUT2D eigenvalue weighted by Crippen LogP contribution is 2.15. The van der Waals surface area contributed by atoms with Gasteiger partial charge in [-0.2, -0.15) is 0 Å². The largest absolute Gasteiger partial charge is 0.383 e. The fourth-order valence-electron chi connectivity index (χ4n) is 2.59. The first-order valence-electron chi connectivity index (χ1n) is 9.40. The molecule has 2 N–H and O–H groups in total. The summed E-state index contributed by atoms with van der Waals surface area (Å²) in [4.78, 5) is 6.67. The Labute approximate surface area is 168 Å². The van der Waals surface area contributed by atoms with Crippen molar-refractivity contribution < 1.29 is 17.5 Å². The van der Waals surface area contributed by atoms with E-state index in [9.17, 15) is 12.8 Å². The molecule has 0 aliphatic rings. The van der Waals surface area contributed by atoms with Gasteiger partial charge in [-0.3, -0.25) is 0 Å². The van der Waals surface area contributed by atoms with Gasteiger partial charge in [0.2, 0.25) is 0 Å². The number of sulfone groups is 1. The summed E-state index contributed by atoms with van der Waals surface area (Å²) < 4.78 is 41.9. The summed E-state index contributed by atoms with van der Waals surface area (Å²) in [6.45, 7) is 6.11. The zero-order valence-electron chi connectivity index (χ0n) is 17.3. The number of rotatable bonds is 12. The van der Waals surface area contributed by atoms with Crippen LogP contribution in [-0.4, -0.2) is 72.5 Å². The Kier molecular flexibility index (Phi) is 11.0. The van der Waals surface area contributed by atoms with Gasteiger partial charge in [-0.1, -0.05) is 6.07 Å². The molecule has 0 radical (unpaired) electrons. The van der Waals surface area contributed by atoms with Crippen molar-refractivity contribution in [1.82, 2.24) is 15.5 Å². The minimum atomic E-state index is -3.21. The number of ether oxygens (including phenoxy) is 1. The van der Waals surface area contributed by atoms with E-state index >= 15 is 0 Å². The summed E-state index contributed by atoms with van der Waals surface area (Å²) >= 11 is 0. The molecule has 28 heavy (non-hydrogen) atoms. The van der Waals surface area contributed by atoms with Gasteiger partial charge in [0.25, 0.3) is 0 Å². The standard InChI is InChI=1S/C19H33FN4O3S/c1-5-21-19(22-9-6-10-24(2)11-12-27-3)23-14-17-13-18(20)8-7-16(17)15-28(4,25)26/h7-8,13H,5-6,9-12,14-15H2,1-4H3,(H2,21,22,23). The first-order valence-corrected chi connectivity index (χ1v) is 11.5. The summed E-state index contributed by atoms with van der Waals surface area (Å²) in [7, 11) is 0.527. The average Bonchev–Trinajstić information content (AvgIpc) is 2.62. The molecule has 0 aliphatic carbocycles. The zero-order chi connectivity index (χ0) is 21.0. The van der Waals surface area contributed by atoms with Crippen molar-refractivity contribution in [1.29, 1.82) is 0 Å². The number of nitrogens with one attached hydrogen (secondary N) is 2. The molecule has 7 nitrogen and oxygen atoms in total. The number of hydrogen-bond acceptors (Lipinski definition) is 5. The van der Waals surface area contributed by atoms with E-state index in [1.807, 2.05) is 14.0 Å². The van der Waals surface area contributed by atoms with Crippen molar-refractivity contribution in [2.75, 3.05) is 53.2 Å². The molecule has 0 aromatic heterocycles. The number of aliphatic imine (C=N–C) groups is 1. The summed E-state index contributed by atoms with van der Waals surface area (Å²) in [5.74, 6) is 0.0896. The minimum absolute atomic E-state index is 0.129. The molecule has 0 atom stereocenters. The van der Waals surface area contributed by atoms with Crippen molar-refractivity contribution in [2.24, 2.45) is 4.99 Å². The monoisotopic (exact) mass is 416 g/mol. The molecule has 160 valence electrons. The SMILES string of the molecule is CCNC(=NCc1cc(F)ccc1CS(C)(=O)=O)NCCCN(C)CCOC. The van der Waals surface area contributed by atoms with Crippen LogP contribution in [0.2, 0.25) is 0 Å². The number of methoxy groups -OCH3 is 1. The normalized spacial score (nSPS) is 12.4. The molecule has 0 unspecified atom stereocenters. The Morgan fingerprint density at radius 2 is 2.00 bits per heavy atom. The Morgan fingerprint density at radius 3 is 2.64 bits per heavy atom. The Balaban J connectivity index is 2.68. The molecule has 0 saturated heterocycles. The van der Waals surface area contributed by atoms with Crippen LogP contribution < -0.4 is 10.6 Å². The number of guanidine groups is 1. The van der Waals surface area contributed by atoms with Crippen LogP contribution in [0.4, 0.5) is 4.39 Å². The Hall–Kier alpha value is -1.71. The van der Waals surface area contributed by atoms with Crippen LogP contribution in [0.15, 0.2) is 23.2 Å². The van der Waals surface area contributed by atoms with Crippen molar-refractivity contribution in [3.63, 3.8) is 0 Å². The van der Waals surface area contributed by atoms with E-state index in [2.05, 4.69) is 20.5 Å². The van der Waals surface area contributed by atoms with Crippen LogP contribution in [0.25, 0.3) is 0 Å². The highest BCUT2D eigenvalue weighted by Gasteiger charge is 2.11. The second-order valence-electron chi connectivity index (χ2n) is 6.75. The van der Waals surface area contributed by atoms with Gasteiger partial charge in [-0.25, -0.2) is 17.8 Å². The van der Waals surface area contributed by atoms with Gasteiger partial charge in [0.05, 0.1) is 18.9 Å². The third kappa shape index (κ3) is 10.6. The van der Waals surface area contributed by atoms with Crippen molar-refractivity contribution in [3.8, 4) is 0 Å². The minimum Gasteiger partial charge on any atom is -0.383 e. The molecule has 0 fully saturated rings. The molecule has 1 rings (SSSR count). The van der Waals surface area contributed by atoms with Crippen molar-refractivity contribution in [3.05, 3.63) is 35.1 Å². The second-order valence-corrected chi connectivity index (χ2v) is 8.89. The molecular formula is C19H33FN4O3S. The highest BCUT2D eigenvalue weighted by molar-refractivity contribution is 7.89. The first kappa shape index (κ1) is 24.3. The fraction of sp³-hybridized carbons (Fsp3) is 0.632. The maximum absolute atomic E-state index is 13.6. The maximum Gasteiger partial charge on any atom is 0.191 e. The highest BCUT2D eigenvalue weighted by atomic mass is 32.2. The van der Waals surface area contributed by atoms with Gasteiger partial charge in [-0.15, -0.1) is 0 Å². The number of benzene rings is 1. The van der Waals surface area contributed by atoms with Gasteiger partial charge in [-0.05, 0) is 50.2 Å². The van der Waals surface area contributed by atoms with Gasteiger partial charge >= 0.3 is 0 Å².